The molecule has 0 radical (unpaired) electrons. The Morgan fingerprint density at radius 2 is 2.29 bits per heavy atom. The van der Waals surface area contributed by atoms with Crippen LogP contribution in [0.15, 0.2) is 22.4 Å². The quantitative estimate of drug-likeness (QED) is 0.379. The molecule has 0 saturated carbocycles. The van der Waals surface area contributed by atoms with Gasteiger partial charge in [-0.1, -0.05) is 0 Å². The number of ether oxygens (including phenoxy) is 1. The zero-order valence-electron chi connectivity index (χ0n) is 15.2. The van der Waals surface area contributed by atoms with Crippen molar-refractivity contribution >= 4 is 41.2 Å². The number of rotatable bonds is 6. The van der Waals surface area contributed by atoms with E-state index in [9.17, 15) is 14.7 Å². The first kappa shape index (κ1) is 19.2. The molecule has 1 unspecified atom stereocenters. The van der Waals surface area contributed by atoms with Crippen molar-refractivity contribution in [3.8, 4) is 0 Å². The third-order valence-corrected chi connectivity index (χ3v) is 6.85. The molecular weight excluding hydrogens is 404 g/mol. The summed E-state index contributed by atoms with van der Waals surface area (Å²) in [5.74, 6) is 0.433. The number of fused-ring (bicyclic) bond motifs is 2. The van der Waals surface area contributed by atoms with Crippen LogP contribution in [0.5, 0.6) is 0 Å². The van der Waals surface area contributed by atoms with Crippen molar-refractivity contribution in [3.05, 3.63) is 28.9 Å². The molecule has 2 aliphatic rings. The number of amides is 1. The predicted molar refractivity (Wildman–Crippen MR) is 103 cm³/mol. The first-order valence-electron chi connectivity index (χ1n) is 8.41. The number of thioether (sulfide) groups is 2. The fraction of sp³-hybridized carbons (Fsp3) is 0.438. The summed E-state index contributed by atoms with van der Waals surface area (Å²) in [6.45, 7) is 2.13. The first-order chi connectivity index (χ1) is 13.4. The number of carbonyl (C=O) groups excluding carboxylic acids is 1. The number of aryl methyl sites for hydroxylation is 1. The van der Waals surface area contributed by atoms with Gasteiger partial charge in [-0.2, -0.15) is 9.50 Å². The second-order valence-electron chi connectivity index (χ2n) is 6.39. The molecule has 148 valence electrons. The molecule has 4 rings (SSSR count). The van der Waals surface area contributed by atoms with Crippen LogP contribution in [0, 0.1) is 6.92 Å². The molecule has 2 aromatic rings. The van der Waals surface area contributed by atoms with E-state index in [1.807, 2.05) is 13.0 Å². The SMILES string of the molecule is COCc1nc2nc(C)cc(SCC3=C(C(=O)O)N4C(=O)C(N)[C@H]4SC3)n2n1. The minimum Gasteiger partial charge on any atom is -0.477 e. The van der Waals surface area contributed by atoms with Crippen LogP contribution in [0.25, 0.3) is 5.78 Å². The first-order valence-corrected chi connectivity index (χ1v) is 10.4. The van der Waals surface area contributed by atoms with Crippen LogP contribution >= 0.6 is 23.5 Å². The molecule has 0 aromatic carbocycles. The van der Waals surface area contributed by atoms with Crippen LogP contribution in [0.3, 0.4) is 0 Å². The van der Waals surface area contributed by atoms with Gasteiger partial charge in [0.1, 0.15) is 28.7 Å². The minimum absolute atomic E-state index is 0.0450. The third-order valence-electron chi connectivity index (χ3n) is 4.41. The number of aliphatic carboxylic acids is 1. The average molecular weight is 422 g/mol. The number of carbonyl (C=O) groups is 2. The van der Waals surface area contributed by atoms with Crippen LogP contribution < -0.4 is 5.73 Å². The highest BCUT2D eigenvalue weighted by molar-refractivity contribution is 8.01. The van der Waals surface area contributed by atoms with Gasteiger partial charge in [-0.25, -0.2) is 9.78 Å². The van der Waals surface area contributed by atoms with Crippen LogP contribution in [-0.4, -0.2) is 71.5 Å². The van der Waals surface area contributed by atoms with Crippen molar-refractivity contribution in [2.24, 2.45) is 5.73 Å². The van der Waals surface area contributed by atoms with Gasteiger partial charge in [0.2, 0.25) is 5.91 Å². The van der Waals surface area contributed by atoms with Gasteiger partial charge in [-0.15, -0.1) is 28.6 Å². The maximum Gasteiger partial charge on any atom is 0.352 e. The summed E-state index contributed by atoms with van der Waals surface area (Å²) < 4.78 is 6.70. The van der Waals surface area contributed by atoms with E-state index in [4.69, 9.17) is 10.5 Å². The summed E-state index contributed by atoms with van der Waals surface area (Å²) in [5, 5.41) is 14.5. The third kappa shape index (κ3) is 3.15. The molecule has 28 heavy (non-hydrogen) atoms. The molecule has 2 aliphatic heterocycles. The number of nitrogens with zero attached hydrogens (tertiary/aromatic N) is 5. The average Bonchev–Trinajstić information content (AvgIpc) is 3.07. The lowest BCUT2D eigenvalue weighted by molar-refractivity contribution is -0.147. The number of nitrogens with two attached hydrogens (primary N) is 1. The molecule has 12 heteroatoms. The molecule has 4 heterocycles. The number of β-lactam (4-membered cyclic amide) rings is 1. The van der Waals surface area contributed by atoms with Crippen LogP contribution in [0.4, 0.5) is 0 Å². The summed E-state index contributed by atoms with van der Waals surface area (Å²) in [5.41, 5.74) is 7.29. The molecular formula is C16H18N6O4S2. The van der Waals surface area contributed by atoms with E-state index < -0.39 is 12.0 Å². The lowest BCUT2D eigenvalue weighted by atomic mass is 10.0. The van der Waals surface area contributed by atoms with Gasteiger partial charge in [-0.05, 0) is 18.6 Å². The van der Waals surface area contributed by atoms with Crippen molar-refractivity contribution in [1.29, 1.82) is 0 Å². The fourth-order valence-corrected chi connectivity index (χ4v) is 5.62. The normalized spacial score (nSPS) is 21.8. The van der Waals surface area contributed by atoms with Crippen LogP contribution in [0.2, 0.25) is 0 Å². The monoisotopic (exact) mass is 422 g/mol. The smallest absolute Gasteiger partial charge is 0.352 e. The molecule has 0 aliphatic carbocycles. The Bertz CT molecular complexity index is 1010. The van der Waals surface area contributed by atoms with Gasteiger partial charge in [0.25, 0.3) is 5.78 Å². The number of methoxy groups -OCH3 is 1. The number of aromatic nitrogens is 4. The summed E-state index contributed by atoms with van der Waals surface area (Å²) in [6, 6.07) is 1.23. The Labute approximate surface area is 168 Å². The Balaban J connectivity index is 1.63. The van der Waals surface area contributed by atoms with Gasteiger partial charge < -0.3 is 15.6 Å². The Morgan fingerprint density at radius 3 is 3.00 bits per heavy atom. The number of hydrogen-bond acceptors (Lipinski definition) is 9. The van der Waals surface area contributed by atoms with E-state index in [1.54, 1.807) is 11.6 Å². The lowest BCUT2D eigenvalue weighted by Gasteiger charge is -2.48. The van der Waals surface area contributed by atoms with Crippen LogP contribution in [0.1, 0.15) is 11.5 Å². The molecule has 1 saturated heterocycles. The molecule has 1 amide bonds. The Kier molecular flexibility index (Phi) is 5.04. The van der Waals surface area contributed by atoms with Gasteiger partial charge in [0.15, 0.2) is 5.82 Å². The van der Waals surface area contributed by atoms with Crippen molar-refractivity contribution in [3.63, 3.8) is 0 Å². The van der Waals surface area contributed by atoms with Gasteiger partial charge in [0.05, 0.1) is 0 Å². The zero-order chi connectivity index (χ0) is 20.0. The molecule has 2 atom stereocenters. The number of hydrogen-bond donors (Lipinski definition) is 2. The predicted octanol–water partition coefficient (Wildman–Crippen LogP) is 0.252. The summed E-state index contributed by atoms with van der Waals surface area (Å²) in [6.07, 6.45) is 0. The van der Waals surface area contributed by atoms with E-state index in [0.717, 1.165) is 10.7 Å². The maximum absolute atomic E-state index is 12.1. The van der Waals surface area contributed by atoms with Gasteiger partial charge in [0, 0.05) is 24.3 Å². The van der Waals surface area contributed by atoms with Crippen LogP contribution in [-0.2, 0) is 20.9 Å². The highest BCUT2D eigenvalue weighted by atomic mass is 32.2. The second-order valence-corrected chi connectivity index (χ2v) is 8.49. The van der Waals surface area contributed by atoms with E-state index in [0.29, 0.717) is 28.7 Å². The summed E-state index contributed by atoms with van der Waals surface area (Å²) >= 11 is 2.92. The topological polar surface area (TPSA) is 136 Å². The van der Waals surface area contributed by atoms with E-state index >= 15 is 0 Å². The number of carboxylic acids is 1. The van der Waals surface area contributed by atoms with Gasteiger partial charge >= 0.3 is 5.97 Å². The Hall–Kier alpha value is -2.15. The van der Waals surface area contributed by atoms with Crippen molar-refractivity contribution < 1.29 is 19.4 Å². The zero-order valence-corrected chi connectivity index (χ0v) is 16.8. The molecule has 10 nitrogen and oxygen atoms in total. The fourth-order valence-electron chi connectivity index (χ4n) is 3.14. The van der Waals surface area contributed by atoms with Gasteiger partial charge in [-0.3, -0.25) is 9.69 Å². The van der Waals surface area contributed by atoms with E-state index in [1.165, 1.54) is 28.4 Å². The van der Waals surface area contributed by atoms with E-state index in [2.05, 4.69) is 15.1 Å². The summed E-state index contributed by atoms with van der Waals surface area (Å²) in [4.78, 5) is 33.9. The van der Waals surface area contributed by atoms with Crippen molar-refractivity contribution in [1.82, 2.24) is 24.5 Å². The largest absolute Gasteiger partial charge is 0.477 e. The molecule has 2 aromatic heterocycles. The molecule has 0 spiro atoms. The van der Waals surface area contributed by atoms with Crippen molar-refractivity contribution in [2.75, 3.05) is 18.6 Å². The maximum atomic E-state index is 12.1. The number of carboxylic acid groups (broad SMARTS) is 1. The van der Waals surface area contributed by atoms with Crippen molar-refractivity contribution in [2.45, 2.75) is 30.0 Å². The lowest BCUT2D eigenvalue weighted by Crippen LogP contribution is -2.68. The summed E-state index contributed by atoms with van der Waals surface area (Å²) in [7, 11) is 1.57. The highest BCUT2D eigenvalue weighted by Gasteiger charge is 2.51. The Morgan fingerprint density at radius 1 is 1.50 bits per heavy atom. The molecule has 1 fully saturated rings. The standard InChI is InChI=1S/C16H18N6O4S2/c1-7-3-10(22-16(18-7)19-9(20-22)4-26-2)27-5-8-6-28-14-11(17)13(23)21(14)12(8)15(24)25/h3,11,14H,4-6,17H2,1-2H3,(H,24,25)/t11?,14-/m1/s1. The van der Waals surface area contributed by atoms with E-state index in [-0.39, 0.29) is 23.6 Å². The molecule has 0 bridgehead atoms. The highest BCUT2D eigenvalue weighted by Crippen LogP contribution is 2.40. The second kappa shape index (κ2) is 7.35. The molecule has 3 N–H and O–H groups in total. The minimum atomic E-state index is -1.11.